The third-order valence-corrected chi connectivity index (χ3v) is 4.54. The third kappa shape index (κ3) is 2.08. The van der Waals surface area contributed by atoms with E-state index in [0.717, 1.165) is 30.6 Å². The number of rotatable bonds is 3. The Morgan fingerprint density at radius 3 is 2.55 bits per heavy atom. The number of hydrogen-bond donors (Lipinski definition) is 0. The minimum Gasteiger partial charge on any atom is -0.496 e. The lowest BCUT2D eigenvalue weighted by molar-refractivity contribution is -0.145. The summed E-state index contributed by atoms with van der Waals surface area (Å²) in [6.45, 7) is 2.70. The van der Waals surface area contributed by atoms with E-state index in [1.54, 1.807) is 7.11 Å². The van der Waals surface area contributed by atoms with Crippen molar-refractivity contribution in [3.05, 3.63) is 29.8 Å². The van der Waals surface area contributed by atoms with E-state index in [2.05, 4.69) is 0 Å². The van der Waals surface area contributed by atoms with Crippen molar-refractivity contribution in [1.29, 1.82) is 0 Å². The number of morpholine rings is 1. The molecule has 3 rings (SSSR count). The van der Waals surface area contributed by atoms with Crippen LogP contribution in [0.15, 0.2) is 24.3 Å². The van der Waals surface area contributed by atoms with E-state index < -0.39 is 0 Å². The molecule has 20 heavy (non-hydrogen) atoms. The molecule has 2 aliphatic rings. The lowest BCUT2D eigenvalue weighted by Gasteiger charge is -2.45. The molecule has 1 aromatic rings. The molecule has 0 spiro atoms. The molecular formula is C16H21NO3. The molecule has 1 saturated carbocycles. The lowest BCUT2D eigenvalue weighted by Crippen LogP contribution is -2.54. The largest absolute Gasteiger partial charge is 0.496 e. The van der Waals surface area contributed by atoms with E-state index in [4.69, 9.17) is 9.47 Å². The van der Waals surface area contributed by atoms with Crippen LogP contribution in [0, 0.1) is 0 Å². The number of benzene rings is 1. The Labute approximate surface area is 119 Å². The highest BCUT2D eigenvalue weighted by molar-refractivity contribution is 5.90. The van der Waals surface area contributed by atoms with Crippen molar-refractivity contribution in [2.75, 3.05) is 33.4 Å². The zero-order chi connectivity index (χ0) is 14.0. The Morgan fingerprint density at radius 1 is 1.25 bits per heavy atom. The van der Waals surface area contributed by atoms with Crippen LogP contribution in [0.4, 0.5) is 0 Å². The number of ether oxygens (including phenoxy) is 2. The summed E-state index contributed by atoms with van der Waals surface area (Å²) in [7, 11) is 1.67. The van der Waals surface area contributed by atoms with E-state index >= 15 is 0 Å². The van der Waals surface area contributed by atoms with Crippen molar-refractivity contribution in [2.24, 2.45) is 0 Å². The van der Waals surface area contributed by atoms with Gasteiger partial charge in [0.15, 0.2) is 0 Å². The highest BCUT2D eigenvalue weighted by Crippen LogP contribution is 2.48. The van der Waals surface area contributed by atoms with Crippen LogP contribution < -0.4 is 4.74 Å². The second-order valence-corrected chi connectivity index (χ2v) is 5.54. The van der Waals surface area contributed by atoms with Crippen LogP contribution in [-0.4, -0.2) is 44.2 Å². The second-order valence-electron chi connectivity index (χ2n) is 5.54. The van der Waals surface area contributed by atoms with Crippen LogP contribution in [0.1, 0.15) is 24.8 Å². The molecule has 1 amide bonds. The maximum atomic E-state index is 13.0. The SMILES string of the molecule is COc1ccccc1C1(C(=O)N2CCOCC2)CCC1. The molecule has 0 N–H and O–H groups in total. The summed E-state index contributed by atoms with van der Waals surface area (Å²) in [4.78, 5) is 14.9. The molecule has 0 unspecified atom stereocenters. The van der Waals surface area contributed by atoms with Gasteiger partial charge < -0.3 is 14.4 Å². The summed E-state index contributed by atoms with van der Waals surface area (Å²) >= 11 is 0. The van der Waals surface area contributed by atoms with E-state index in [-0.39, 0.29) is 11.3 Å². The van der Waals surface area contributed by atoms with Gasteiger partial charge in [0.25, 0.3) is 0 Å². The van der Waals surface area contributed by atoms with Crippen LogP contribution in [0.25, 0.3) is 0 Å². The Hall–Kier alpha value is -1.55. The highest BCUT2D eigenvalue weighted by atomic mass is 16.5. The molecule has 2 fully saturated rings. The number of nitrogens with zero attached hydrogens (tertiary/aromatic N) is 1. The normalized spacial score (nSPS) is 21.1. The maximum absolute atomic E-state index is 13.0. The van der Waals surface area contributed by atoms with Gasteiger partial charge in [0, 0.05) is 18.7 Å². The summed E-state index contributed by atoms with van der Waals surface area (Å²) in [6.07, 6.45) is 2.95. The van der Waals surface area contributed by atoms with E-state index in [1.165, 1.54) is 0 Å². The maximum Gasteiger partial charge on any atom is 0.233 e. The van der Waals surface area contributed by atoms with Gasteiger partial charge in [-0.05, 0) is 18.9 Å². The van der Waals surface area contributed by atoms with Crippen molar-refractivity contribution < 1.29 is 14.3 Å². The average Bonchev–Trinajstić information content (AvgIpc) is 2.47. The van der Waals surface area contributed by atoms with Gasteiger partial charge in [-0.2, -0.15) is 0 Å². The Bertz CT molecular complexity index is 490. The Balaban J connectivity index is 1.92. The van der Waals surface area contributed by atoms with Crippen molar-refractivity contribution >= 4 is 5.91 Å². The van der Waals surface area contributed by atoms with Crippen LogP contribution in [0.3, 0.4) is 0 Å². The van der Waals surface area contributed by atoms with Crippen molar-refractivity contribution in [3.8, 4) is 5.75 Å². The zero-order valence-electron chi connectivity index (χ0n) is 11.9. The van der Waals surface area contributed by atoms with Gasteiger partial charge in [-0.1, -0.05) is 24.6 Å². The second kappa shape index (κ2) is 5.44. The predicted molar refractivity (Wildman–Crippen MR) is 75.9 cm³/mol. The molecule has 0 bridgehead atoms. The molecule has 108 valence electrons. The molecule has 4 nitrogen and oxygen atoms in total. The fourth-order valence-electron chi connectivity index (χ4n) is 3.24. The minimum atomic E-state index is -0.371. The lowest BCUT2D eigenvalue weighted by atomic mass is 9.63. The standard InChI is InChI=1S/C16H21NO3/c1-19-14-6-3-2-5-13(14)16(7-4-8-16)15(18)17-9-11-20-12-10-17/h2-3,5-6H,4,7-12H2,1H3. The molecular weight excluding hydrogens is 254 g/mol. The van der Waals surface area contributed by atoms with Gasteiger partial charge >= 0.3 is 0 Å². The fraction of sp³-hybridized carbons (Fsp3) is 0.562. The smallest absolute Gasteiger partial charge is 0.233 e. The Morgan fingerprint density at radius 2 is 1.95 bits per heavy atom. The highest BCUT2D eigenvalue weighted by Gasteiger charge is 2.49. The van der Waals surface area contributed by atoms with Gasteiger partial charge in [0.2, 0.25) is 5.91 Å². The number of carbonyl (C=O) groups is 1. The number of methoxy groups -OCH3 is 1. The molecule has 0 atom stereocenters. The third-order valence-electron chi connectivity index (χ3n) is 4.54. The molecule has 1 heterocycles. The first-order valence-electron chi connectivity index (χ1n) is 7.28. The first-order chi connectivity index (χ1) is 9.78. The van der Waals surface area contributed by atoms with Gasteiger partial charge in [-0.3, -0.25) is 4.79 Å². The monoisotopic (exact) mass is 275 g/mol. The van der Waals surface area contributed by atoms with Crippen molar-refractivity contribution in [1.82, 2.24) is 4.90 Å². The first kappa shape index (κ1) is 13.4. The van der Waals surface area contributed by atoms with Crippen LogP contribution >= 0.6 is 0 Å². The van der Waals surface area contributed by atoms with E-state index in [1.807, 2.05) is 29.2 Å². The average molecular weight is 275 g/mol. The summed E-state index contributed by atoms with van der Waals surface area (Å²) in [5.74, 6) is 1.07. The van der Waals surface area contributed by atoms with Crippen LogP contribution in [-0.2, 0) is 14.9 Å². The van der Waals surface area contributed by atoms with Crippen molar-refractivity contribution in [3.63, 3.8) is 0 Å². The predicted octanol–water partition coefficient (Wildman–Crippen LogP) is 1.98. The van der Waals surface area contributed by atoms with E-state index in [9.17, 15) is 4.79 Å². The molecule has 0 aromatic heterocycles. The summed E-state index contributed by atoms with van der Waals surface area (Å²) in [5.41, 5.74) is 0.675. The van der Waals surface area contributed by atoms with E-state index in [0.29, 0.717) is 26.3 Å². The zero-order valence-corrected chi connectivity index (χ0v) is 11.9. The quantitative estimate of drug-likeness (QED) is 0.846. The number of hydrogen-bond acceptors (Lipinski definition) is 3. The Kier molecular flexibility index (Phi) is 3.66. The minimum absolute atomic E-state index is 0.247. The van der Waals surface area contributed by atoms with Gasteiger partial charge in [-0.25, -0.2) is 0 Å². The van der Waals surface area contributed by atoms with Gasteiger partial charge in [-0.15, -0.1) is 0 Å². The van der Waals surface area contributed by atoms with Crippen LogP contribution in [0.2, 0.25) is 0 Å². The molecule has 0 radical (unpaired) electrons. The number of carbonyl (C=O) groups excluding carboxylic acids is 1. The van der Waals surface area contributed by atoms with Crippen LogP contribution in [0.5, 0.6) is 5.75 Å². The van der Waals surface area contributed by atoms with Gasteiger partial charge in [0.1, 0.15) is 5.75 Å². The molecule has 1 aromatic carbocycles. The summed E-state index contributed by atoms with van der Waals surface area (Å²) < 4.78 is 10.8. The summed E-state index contributed by atoms with van der Waals surface area (Å²) in [6, 6.07) is 7.93. The fourth-order valence-corrected chi connectivity index (χ4v) is 3.24. The molecule has 1 saturated heterocycles. The number of para-hydroxylation sites is 1. The van der Waals surface area contributed by atoms with Crippen molar-refractivity contribution in [2.45, 2.75) is 24.7 Å². The molecule has 1 aliphatic carbocycles. The molecule has 4 heteroatoms. The number of amides is 1. The van der Waals surface area contributed by atoms with Gasteiger partial charge in [0.05, 0.1) is 25.7 Å². The molecule has 1 aliphatic heterocycles. The summed E-state index contributed by atoms with van der Waals surface area (Å²) in [5, 5.41) is 0. The topological polar surface area (TPSA) is 38.8 Å². The first-order valence-corrected chi connectivity index (χ1v) is 7.28.